The molecule has 1 aliphatic heterocycles. The van der Waals surface area contributed by atoms with Crippen molar-refractivity contribution in [1.29, 1.82) is 0 Å². The first kappa shape index (κ1) is 19.8. The van der Waals surface area contributed by atoms with Crippen molar-refractivity contribution in [2.24, 2.45) is 0 Å². The summed E-state index contributed by atoms with van der Waals surface area (Å²) in [6, 6.07) is 5.13. The SMILES string of the molecule is CCC(CC)c1nnc(NC(=O)c2ccc3c(c2)CCCN3S(C)(=O)=O)s1. The minimum atomic E-state index is -3.32. The molecule has 1 N–H and O–H groups in total. The Hall–Kier alpha value is -2.00. The highest BCUT2D eigenvalue weighted by atomic mass is 32.2. The van der Waals surface area contributed by atoms with Gasteiger partial charge in [-0.2, -0.15) is 0 Å². The number of benzene rings is 1. The molecule has 0 radical (unpaired) electrons. The highest BCUT2D eigenvalue weighted by Gasteiger charge is 2.25. The molecule has 1 aromatic heterocycles. The zero-order valence-electron chi connectivity index (χ0n) is 15.7. The normalized spacial score (nSPS) is 14.3. The van der Waals surface area contributed by atoms with E-state index in [1.165, 1.54) is 21.9 Å². The van der Waals surface area contributed by atoms with Gasteiger partial charge in [0.05, 0.1) is 11.9 Å². The van der Waals surface area contributed by atoms with E-state index in [9.17, 15) is 13.2 Å². The summed E-state index contributed by atoms with van der Waals surface area (Å²) in [4.78, 5) is 12.6. The average molecular weight is 409 g/mol. The summed E-state index contributed by atoms with van der Waals surface area (Å²) in [5.41, 5.74) is 2.02. The second-order valence-electron chi connectivity index (χ2n) is 6.70. The molecular weight excluding hydrogens is 384 g/mol. The van der Waals surface area contributed by atoms with E-state index in [1.54, 1.807) is 18.2 Å². The number of aryl methyl sites for hydroxylation is 1. The Bertz CT molecular complexity index is 936. The number of aromatic nitrogens is 2. The van der Waals surface area contributed by atoms with E-state index >= 15 is 0 Å². The third-order valence-corrected chi connectivity index (χ3v) is 7.00. The molecule has 146 valence electrons. The van der Waals surface area contributed by atoms with Crippen molar-refractivity contribution in [1.82, 2.24) is 10.2 Å². The first-order valence-electron chi connectivity index (χ1n) is 9.08. The summed E-state index contributed by atoms with van der Waals surface area (Å²) in [6.07, 6.45) is 4.66. The standard InChI is InChI=1S/C18H24N4O3S2/c1-4-12(5-2)17-20-21-18(26-17)19-16(23)14-8-9-15-13(11-14)7-6-10-22(15)27(3,24)25/h8-9,11-12H,4-7,10H2,1-3H3,(H,19,21,23). The molecule has 1 aliphatic rings. The van der Waals surface area contributed by atoms with Crippen LogP contribution in [0, 0.1) is 0 Å². The predicted molar refractivity (Wildman–Crippen MR) is 108 cm³/mol. The van der Waals surface area contributed by atoms with Crippen LogP contribution in [0.1, 0.15) is 60.0 Å². The monoisotopic (exact) mass is 408 g/mol. The lowest BCUT2D eigenvalue weighted by Crippen LogP contribution is -2.34. The first-order chi connectivity index (χ1) is 12.8. The van der Waals surface area contributed by atoms with Gasteiger partial charge in [-0.3, -0.25) is 14.4 Å². The maximum atomic E-state index is 12.6. The lowest BCUT2D eigenvalue weighted by Gasteiger charge is -2.29. The molecule has 0 bridgehead atoms. The molecule has 0 atom stereocenters. The van der Waals surface area contributed by atoms with Crippen LogP contribution >= 0.6 is 11.3 Å². The third-order valence-electron chi connectivity index (χ3n) is 4.81. The number of anilines is 2. The Morgan fingerprint density at radius 1 is 1.30 bits per heavy atom. The number of nitrogens with zero attached hydrogens (tertiary/aromatic N) is 3. The Kier molecular flexibility index (Phi) is 5.81. The molecule has 0 unspecified atom stereocenters. The van der Waals surface area contributed by atoms with E-state index in [2.05, 4.69) is 29.4 Å². The van der Waals surface area contributed by atoms with Crippen LogP contribution in [0.15, 0.2) is 18.2 Å². The summed E-state index contributed by atoms with van der Waals surface area (Å²) in [7, 11) is -3.32. The third kappa shape index (κ3) is 4.30. The topological polar surface area (TPSA) is 92.3 Å². The number of hydrogen-bond donors (Lipinski definition) is 1. The summed E-state index contributed by atoms with van der Waals surface area (Å²) in [5, 5.41) is 12.5. The van der Waals surface area contributed by atoms with Crippen LogP contribution in [0.2, 0.25) is 0 Å². The zero-order chi connectivity index (χ0) is 19.6. The summed E-state index contributed by atoms with van der Waals surface area (Å²) >= 11 is 1.40. The fourth-order valence-corrected chi connectivity index (χ4v) is 5.31. The molecule has 27 heavy (non-hydrogen) atoms. The molecule has 2 heterocycles. The minimum absolute atomic E-state index is 0.262. The van der Waals surface area contributed by atoms with Crippen molar-refractivity contribution in [3.05, 3.63) is 34.3 Å². The first-order valence-corrected chi connectivity index (χ1v) is 11.7. The highest BCUT2D eigenvalue weighted by Crippen LogP contribution is 2.31. The van der Waals surface area contributed by atoms with Crippen molar-refractivity contribution in [2.45, 2.75) is 45.4 Å². The molecule has 0 saturated carbocycles. The van der Waals surface area contributed by atoms with Gasteiger partial charge in [0.15, 0.2) is 0 Å². The van der Waals surface area contributed by atoms with Gasteiger partial charge in [0.1, 0.15) is 5.01 Å². The van der Waals surface area contributed by atoms with E-state index in [-0.39, 0.29) is 5.91 Å². The number of rotatable bonds is 6. The Morgan fingerprint density at radius 2 is 2.04 bits per heavy atom. The lowest BCUT2D eigenvalue weighted by atomic mass is 10.0. The van der Waals surface area contributed by atoms with Crippen LogP contribution in [-0.2, 0) is 16.4 Å². The maximum Gasteiger partial charge on any atom is 0.257 e. The van der Waals surface area contributed by atoms with Crippen molar-refractivity contribution in [3.8, 4) is 0 Å². The Morgan fingerprint density at radius 3 is 2.70 bits per heavy atom. The molecule has 2 aromatic rings. The number of sulfonamides is 1. The molecule has 1 aromatic carbocycles. The molecule has 0 fully saturated rings. The van der Waals surface area contributed by atoms with Crippen LogP contribution in [0.5, 0.6) is 0 Å². The predicted octanol–water partition coefficient (Wildman–Crippen LogP) is 3.41. The second-order valence-corrected chi connectivity index (χ2v) is 9.61. The van der Waals surface area contributed by atoms with Crippen LogP contribution in [0.3, 0.4) is 0 Å². The lowest BCUT2D eigenvalue weighted by molar-refractivity contribution is 0.102. The number of amides is 1. The van der Waals surface area contributed by atoms with E-state index in [0.29, 0.717) is 28.8 Å². The molecule has 1 amide bonds. The number of carbonyl (C=O) groups excluding carboxylic acids is 1. The molecule has 3 rings (SSSR count). The summed E-state index contributed by atoms with van der Waals surface area (Å²) < 4.78 is 25.3. The quantitative estimate of drug-likeness (QED) is 0.791. The van der Waals surface area contributed by atoms with Crippen molar-refractivity contribution >= 4 is 38.1 Å². The molecule has 0 aliphatic carbocycles. The van der Waals surface area contributed by atoms with E-state index in [0.717, 1.165) is 36.3 Å². The van der Waals surface area contributed by atoms with Gasteiger partial charge >= 0.3 is 0 Å². The van der Waals surface area contributed by atoms with Crippen LogP contribution in [0.25, 0.3) is 0 Å². The number of hydrogen-bond acceptors (Lipinski definition) is 6. The van der Waals surface area contributed by atoms with Gasteiger partial charge in [0.25, 0.3) is 5.91 Å². The van der Waals surface area contributed by atoms with Crippen molar-refractivity contribution < 1.29 is 13.2 Å². The van der Waals surface area contributed by atoms with Gasteiger partial charge in [-0.05, 0) is 49.4 Å². The molecule has 0 saturated heterocycles. The van der Waals surface area contributed by atoms with Crippen molar-refractivity contribution in [2.75, 3.05) is 22.4 Å². The van der Waals surface area contributed by atoms with Crippen LogP contribution in [0.4, 0.5) is 10.8 Å². The fourth-order valence-electron chi connectivity index (χ4n) is 3.31. The zero-order valence-corrected chi connectivity index (χ0v) is 17.4. The van der Waals surface area contributed by atoms with E-state index < -0.39 is 10.0 Å². The molecular formula is C18H24N4O3S2. The number of nitrogens with one attached hydrogen (secondary N) is 1. The summed E-state index contributed by atoms with van der Waals surface area (Å²) in [6.45, 7) is 4.70. The fraction of sp³-hybridized carbons (Fsp3) is 0.500. The minimum Gasteiger partial charge on any atom is -0.296 e. The number of carbonyl (C=O) groups is 1. The van der Waals surface area contributed by atoms with Gasteiger partial charge in [0.2, 0.25) is 15.2 Å². The smallest absolute Gasteiger partial charge is 0.257 e. The van der Waals surface area contributed by atoms with Gasteiger partial charge in [-0.15, -0.1) is 10.2 Å². The largest absolute Gasteiger partial charge is 0.296 e. The highest BCUT2D eigenvalue weighted by molar-refractivity contribution is 7.92. The van der Waals surface area contributed by atoms with E-state index in [1.807, 2.05) is 0 Å². The van der Waals surface area contributed by atoms with E-state index in [4.69, 9.17) is 0 Å². The van der Waals surface area contributed by atoms with Gasteiger partial charge in [-0.1, -0.05) is 25.2 Å². The average Bonchev–Trinajstić information content (AvgIpc) is 3.09. The Balaban J connectivity index is 1.78. The van der Waals surface area contributed by atoms with Crippen molar-refractivity contribution in [3.63, 3.8) is 0 Å². The van der Waals surface area contributed by atoms with Gasteiger partial charge < -0.3 is 0 Å². The van der Waals surface area contributed by atoms with Gasteiger partial charge in [-0.25, -0.2) is 8.42 Å². The summed E-state index contributed by atoms with van der Waals surface area (Å²) in [5.74, 6) is 0.0976. The van der Waals surface area contributed by atoms with Gasteiger partial charge in [0, 0.05) is 18.0 Å². The van der Waals surface area contributed by atoms with Crippen LogP contribution < -0.4 is 9.62 Å². The molecule has 9 heteroatoms. The Labute approximate surface area is 163 Å². The molecule has 0 spiro atoms. The number of fused-ring (bicyclic) bond motifs is 1. The second kappa shape index (κ2) is 7.93. The van der Waals surface area contributed by atoms with Crippen LogP contribution in [-0.4, -0.2) is 37.3 Å². The maximum absolute atomic E-state index is 12.6. The molecule has 7 nitrogen and oxygen atoms in total.